The average molecular weight is 436 g/mol. The van der Waals surface area contributed by atoms with Crippen molar-refractivity contribution in [1.29, 1.82) is 0 Å². The Morgan fingerprint density at radius 1 is 0.906 bits per heavy atom. The molecule has 32 heavy (non-hydrogen) atoms. The van der Waals surface area contributed by atoms with E-state index >= 15 is 0 Å². The van der Waals surface area contributed by atoms with Gasteiger partial charge in [0.15, 0.2) is 0 Å². The smallest absolute Gasteiger partial charge is 0.317 e. The molecule has 1 aliphatic heterocycles. The highest BCUT2D eigenvalue weighted by Gasteiger charge is 2.22. The highest BCUT2D eigenvalue weighted by molar-refractivity contribution is 5.78. The molecule has 0 aliphatic carbocycles. The Morgan fingerprint density at radius 3 is 2.12 bits per heavy atom. The number of aryl methyl sites for hydroxylation is 1. The van der Waals surface area contributed by atoms with Crippen LogP contribution in [0.4, 0.5) is 10.1 Å². The molecule has 8 heteroatoms. The number of halogens is 1. The first-order valence-corrected chi connectivity index (χ1v) is 10.6. The normalized spacial score (nSPS) is 14.0. The fourth-order valence-corrected chi connectivity index (χ4v) is 4.13. The molecule has 1 aliphatic rings. The van der Waals surface area contributed by atoms with Crippen LogP contribution in [0.5, 0.6) is 0 Å². The number of para-hydroxylation sites is 2. The van der Waals surface area contributed by atoms with E-state index in [0.29, 0.717) is 37.2 Å². The van der Waals surface area contributed by atoms with Crippen LogP contribution in [0.3, 0.4) is 0 Å². The number of benzene rings is 2. The van der Waals surface area contributed by atoms with Crippen molar-refractivity contribution in [2.75, 3.05) is 31.1 Å². The minimum atomic E-state index is -0.639. The zero-order valence-electron chi connectivity index (χ0n) is 17.7. The van der Waals surface area contributed by atoms with Crippen molar-refractivity contribution in [3.63, 3.8) is 0 Å². The molecule has 1 aromatic heterocycles. The molecule has 0 saturated carbocycles. The van der Waals surface area contributed by atoms with Gasteiger partial charge in [-0.15, -0.1) is 6.58 Å². The molecule has 0 atom stereocenters. The van der Waals surface area contributed by atoms with Gasteiger partial charge in [0.25, 0.3) is 0 Å². The number of fused-ring (bicyclic) bond motifs is 1. The van der Waals surface area contributed by atoms with Crippen molar-refractivity contribution in [3.8, 4) is 0 Å². The summed E-state index contributed by atoms with van der Waals surface area (Å²) in [7, 11) is 0. The summed E-state index contributed by atoms with van der Waals surface area (Å²) in [5.74, 6) is -0.336. The van der Waals surface area contributed by atoms with Crippen molar-refractivity contribution in [3.05, 3.63) is 87.7 Å². The summed E-state index contributed by atoms with van der Waals surface area (Å²) in [5, 5.41) is 0. The van der Waals surface area contributed by atoms with E-state index in [1.54, 1.807) is 41.3 Å². The summed E-state index contributed by atoms with van der Waals surface area (Å²) >= 11 is 0. The van der Waals surface area contributed by atoms with Crippen molar-refractivity contribution in [2.24, 2.45) is 0 Å². The van der Waals surface area contributed by atoms with Gasteiger partial charge in [0.05, 0.1) is 11.0 Å². The monoisotopic (exact) mass is 436 g/mol. The fraction of sp³-hybridized carbons (Fsp3) is 0.292. The predicted molar refractivity (Wildman–Crippen MR) is 122 cm³/mol. The zero-order valence-corrected chi connectivity index (χ0v) is 17.7. The SMILES string of the molecule is C=CCn1c(=O)c(=O)n(CCC(=O)N2CCN(c3ccc(F)cc3)CC2)c2ccccc21. The van der Waals surface area contributed by atoms with Gasteiger partial charge in [0.2, 0.25) is 5.91 Å². The lowest BCUT2D eigenvalue weighted by molar-refractivity contribution is -0.131. The third-order valence-electron chi connectivity index (χ3n) is 5.82. The van der Waals surface area contributed by atoms with E-state index in [1.807, 2.05) is 6.07 Å². The van der Waals surface area contributed by atoms with Crippen LogP contribution in [-0.2, 0) is 17.9 Å². The van der Waals surface area contributed by atoms with Crippen molar-refractivity contribution in [1.82, 2.24) is 14.0 Å². The van der Waals surface area contributed by atoms with Crippen LogP contribution in [0.25, 0.3) is 11.0 Å². The maximum absolute atomic E-state index is 13.1. The van der Waals surface area contributed by atoms with E-state index in [0.717, 1.165) is 5.69 Å². The highest BCUT2D eigenvalue weighted by atomic mass is 19.1. The first kappa shape index (κ1) is 21.5. The third-order valence-corrected chi connectivity index (χ3v) is 5.82. The van der Waals surface area contributed by atoms with Gasteiger partial charge in [-0.25, -0.2) is 4.39 Å². The molecule has 1 amide bonds. The number of allylic oxidation sites excluding steroid dienone is 1. The van der Waals surface area contributed by atoms with E-state index in [4.69, 9.17) is 0 Å². The summed E-state index contributed by atoms with van der Waals surface area (Å²) in [6.45, 7) is 6.44. The number of rotatable bonds is 6. The summed E-state index contributed by atoms with van der Waals surface area (Å²) < 4.78 is 15.9. The minimum absolute atomic E-state index is 0.0602. The Morgan fingerprint density at radius 2 is 1.50 bits per heavy atom. The van der Waals surface area contributed by atoms with Gasteiger partial charge in [0, 0.05) is 51.4 Å². The third kappa shape index (κ3) is 4.21. The molecule has 7 nitrogen and oxygen atoms in total. The molecule has 0 radical (unpaired) electrons. The number of aromatic nitrogens is 2. The lowest BCUT2D eigenvalue weighted by Crippen LogP contribution is -2.49. The first-order valence-electron chi connectivity index (χ1n) is 10.6. The Kier molecular flexibility index (Phi) is 6.20. The lowest BCUT2D eigenvalue weighted by atomic mass is 10.2. The van der Waals surface area contributed by atoms with E-state index < -0.39 is 11.1 Å². The van der Waals surface area contributed by atoms with Gasteiger partial charge in [-0.3, -0.25) is 19.0 Å². The van der Waals surface area contributed by atoms with Gasteiger partial charge in [0.1, 0.15) is 5.82 Å². The number of carbonyl (C=O) groups is 1. The van der Waals surface area contributed by atoms with Crippen LogP contribution in [-0.4, -0.2) is 46.1 Å². The Balaban J connectivity index is 1.46. The first-order chi connectivity index (χ1) is 15.5. The number of hydrogen-bond acceptors (Lipinski definition) is 4. The zero-order chi connectivity index (χ0) is 22.7. The van der Waals surface area contributed by atoms with E-state index in [-0.39, 0.29) is 31.2 Å². The number of piperazine rings is 1. The van der Waals surface area contributed by atoms with Gasteiger partial charge in [-0.2, -0.15) is 0 Å². The summed E-state index contributed by atoms with van der Waals surface area (Å²) in [6, 6.07) is 13.5. The maximum atomic E-state index is 13.1. The molecule has 0 unspecified atom stereocenters. The number of amides is 1. The minimum Gasteiger partial charge on any atom is -0.368 e. The van der Waals surface area contributed by atoms with Crippen LogP contribution in [0.1, 0.15) is 6.42 Å². The molecule has 2 aromatic carbocycles. The maximum Gasteiger partial charge on any atom is 0.317 e. The Bertz CT molecular complexity index is 1250. The second-order valence-corrected chi connectivity index (χ2v) is 7.74. The number of anilines is 1. The van der Waals surface area contributed by atoms with Gasteiger partial charge >= 0.3 is 11.1 Å². The van der Waals surface area contributed by atoms with Gasteiger partial charge in [-0.05, 0) is 36.4 Å². The molecule has 0 bridgehead atoms. The second-order valence-electron chi connectivity index (χ2n) is 7.74. The molecule has 0 spiro atoms. The van der Waals surface area contributed by atoms with Gasteiger partial charge < -0.3 is 14.4 Å². The molecule has 1 fully saturated rings. The van der Waals surface area contributed by atoms with Crippen LogP contribution in [0.2, 0.25) is 0 Å². The molecular weight excluding hydrogens is 411 g/mol. The van der Waals surface area contributed by atoms with E-state index in [9.17, 15) is 18.8 Å². The standard InChI is InChI=1S/C24H25FN4O3/c1-2-12-28-20-5-3-4-6-21(20)29(24(32)23(28)31)13-11-22(30)27-16-14-26(15-17-27)19-9-7-18(25)8-10-19/h2-10H,1,11-17H2. The summed E-state index contributed by atoms with van der Waals surface area (Å²) in [5.41, 5.74) is 0.922. The molecule has 0 N–H and O–H groups in total. The predicted octanol–water partition coefficient (Wildman–Crippen LogP) is 2.23. The largest absolute Gasteiger partial charge is 0.368 e. The molecule has 1 saturated heterocycles. The molecule has 2 heterocycles. The number of carbonyl (C=O) groups excluding carboxylic acids is 1. The Labute approximate surface area is 184 Å². The Hall–Kier alpha value is -3.68. The van der Waals surface area contributed by atoms with Crippen molar-refractivity contribution >= 4 is 22.6 Å². The molecule has 4 rings (SSSR count). The second kappa shape index (κ2) is 9.21. The van der Waals surface area contributed by atoms with Crippen LogP contribution in [0.15, 0.2) is 70.8 Å². The van der Waals surface area contributed by atoms with Gasteiger partial charge in [-0.1, -0.05) is 18.2 Å². The molecule has 3 aromatic rings. The molecule has 166 valence electrons. The summed E-state index contributed by atoms with van der Waals surface area (Å²) in [4.78, 5) is 42.0. The van der Waals surface area contributed by atoms with Crippen molar-refractivity contribution in [2.45, 2.75) is 19.5 Å². The van der Waals surface area contributed by atoms with Crippen LogP contribution < -0.4 is 16.0 Å². The quantitative estimate of drug-likeness (QED) is 0.439. The fourth-order valence-electron chi connectivity index (χ4n) is 4.13. The topological polar surface area (TPSA) is 67.5 Å². The molecular formula is C24H25FN4O3. The summed E-state index contributed by atoms with van der Waals surface area (Å²) in [6.07, 6.45) is 1.71. The van der Waals surface area contributed by atoms with E-state index in [2.05, 4.69) is 11.5 Å². The lowest BCUT2D eigenvalue weighted by Gasteiger charge is -2.36. The van der Waals surface area contributed by atoms with Crippen LogP contribution in [0, 0.1) is 5.82 Å². The van der Waals surface area contributed by atoms with Crippen LogP contribution >= 0.6 is 0 Å². The van der Waals surface area contributed by atoms with Crippen molar-refractivity contribution < 1.29 is 9.18 Å². The number of nitrogens with zero attached hydrogens (tertiary/aromatic N) is 4. The number of hydrogen-bond donors (Lipinski definition) is 0. The van der Waals surface area contributed by atoms with E-state index in [1.165, 1.54) is 21.3 Å². The average Bonchev–Trinajstić information content (AvgIpc) is 2.82. The highest BCUT2D eigenvalue weighted by Crippen LogP contribution is 2.17.